The quantitative estimate of drug-likeness (QED) is 0.627. The maximum atomic E-state index is 12.6. The van der Waals surface area contributed by atoms with Gasteiger partial charge in [0.2, 0.25) is 0 Å². The van der Waals surface area contributed by atoms with Gasteiger partial charge in [-0.15, -0.1) is 0 Å². The molecule has 1 aromatic carbocycles. The lowest BCUT2D eigenvalue weighted by molar-refractivity contribution is -0.124. The Balaban J connectivity index is 1.81. The number of ether oxygens (including phenoxy) is 1. The minimum atomic E-state index is -1.52. The van der Waals surface area contributed by atoms with E-state index in [9.17, 15) is 14.4 Å². The fourth-order valence-electron chi connectivity index (χ4n) is 2.96. The number of urea groups is 1. The van der Waals surface area contributed by atoms with Gasteiger partial charge < -0.3 is 19.9 Å². The molecule has 4 amide bonds. The first kappa shape index (κ1) is 19.7. The van der Waals surface area contributed by atoms with E-state index in [2.05, 4.69) is 20.9 Å². The van der Waals surface area contributed by atoms with Crippen LogP contribution < -0.4 is 20.7 Å². The monoisotopic (exact) mass is 405 g/mol. The summed E-state index contributed by atoms with van der Waals surface area (Å²) in [5.74, 6) is -0.256. The largest absolute Gasteiger partial charge is 0.491 e. The van der Waals surface area contributed by atoms with E-state index in [0.717, 1.165) is 0 Å². The molecule has 0 aliphatic carbocycles. The molecule has 3 N–H and O–H groups in total. The Hall–Kier alpha value is -3.07. The van der Waals surface area contributed by atoms with Crippen LogP contribution in [0, 0.1) is 0 Å². The van der Waals surface area contributed by atoms with Gasteiger partial charge in [-0.2, -0.15) is 0 Å². The molecule has 28 heavy (non-hydrogen) atoms. The van der Waals surface area contributed by atoms with Crippen LogP contribution >= 0.6 is 11.6 Å². The maximum Gasteiger partial charge on any atom is 0.322 e. The highest BCUT2D eigenvalue weighted by Crippen LogP contribution is 2.25. The van der Waals surface area contributed by atoms with Crippen LogP contribution in [-0.4, -0.2) is 40.0 Å². The molecule has 148 valence electrons. The van der Waals surface area contributed by atoms with E-state index in [1.54, 1.807) is 29.9 Å². The van der Waals surface area contributed by atoms with Crippen molar-refractivity contribution in [1.29, 1.82) is 0 Å². The van der Waals surface area contributed by atoms with Crippen molar-refractivity contribution in [3.05, 3.63) is 47.0 Å². The third kappa shape index (κ3) is 3.65. The summed E-state index contributed by atoms with van der Waals surface area (Å²) in [6.07, 6.45) is 3.11. The fraction of sp³-hybridized carbons (Fsp3) is 0.333. The van der Waals surface area contributed by atoms with Gasteiger partial charge in [-0.3, -0.25) is 14.9 Å². The fourth-order valence-corrected chi connectivity index (χ4v) is 3.22. The second kappa shape index (κ2) is 7.51. The zero-order chi connectivity index (χ0) is 20.5. The molecule has 0 saturated carbocycles. The molecule has 0 radical (unpaired) electrons. The molecule has 9 nitrogen and oxygen atoms in total. The summed E-state index contributed by atoms with van der Waals surface area (Å²) < 4.78 is 7.15. The predicted molar refractivity (Wildman–Crippen MR) is 101 cm³/mol. The summed E-state index contributed by atoms with van der Waals surface area (Å²) >= 11 is 6.21. The van der Waals surface area contributed by atoms with Crippen molar-refractivity contribution in [3.63, 3.8) is 0 Å². The van der Waals surface area contributed by atoms with E-state index in [-0.39, 0.29) is 23.2 Å². The highest BCUT2D eigenvalue weighted by atomic mass is 35.5. The summed E-state index contributed by atoms with van der Waals surface area (Å²) in [7, 11) is 1.69. The summed E-state index contributed by atoms with van der Waals surface area (Å²) in [6, 6.07) is 4.07. The molecule has 1 fully saturated rings. The number of carbonyl (C=O) groups is 3. The molecule has 1 saturated heterocycles. The zero-order valence-electron chi connectivity index (χ0n) is 15.6. The molecule has 3 rings (SSSR count). The third-order valence-electron chi connectivity index (χ3n) is 4.22. The molecule has 10 heteroatoms. The van der Waals surface area contributed by atoms with E-state index >= 15 is 0 Å². The molecule has 1 aliphatic heterocycles. The number of aryl methyl sites for hydroxylation is 1. The molecule has 1 unspecified atom stereocenters. The molecule has 1 atom stereocenters. The lowest BCUT2D eigenvalue weighted by atomic mass is 9.98. The molecule has 1 aliphatic rings. The Morgan fingerprint density at radius 1 is 1.39 bits per heavy atom. The van der Waals surface area contributed by atoms with Gasteiger partial charge in [0.05, 0.1) is 23.2 Å². The Kier molecular flexibility index (Phi) is 5.28. The number of hydrogen-bond acceptors (Lipinski definition) is 5. The second-order valence-corrected chi connectivity index (χ2v) is 7.07. The van der Waals surface area contributed by atoms with Crippen LogP contribution in [0.2, 0.25) is 5.02 Å². The number of imidazole rings is 1. The standard InChI is InChI=1S/C18H20ClN5O4/c1-10(2)28-11-4-5-12(13(19)8-11)14(25)21-9-18(15-20-6-7-24(15)3)16(26)22-17(27)23-18/h4-8,10H,9H2,1-3H3,(H,21,25)(H2,22,23,26,27). The van der Waals surface area contributed by atoms with Gasteiger partial charge >= 0.3 is 6.03 Å². The Morgan fingerprint density at radius 2 is 2.14 bits per heavy atom. The summed E-state index contributed by atoms with van der Waals surface area (Å²) in [6.45, 7) is 3.56. The number of imide groups is 1. The molecule has 2 aromatic rings. The summed E-state index contributed by atoms with van der Waals surface area (Å²) in [5, 5.41) is 7.62. The zero-order valence-corrected chi connectivity index (χ0v) is 16.3. The van der Waals surface area contributed by atoms with Gasteiger partial charge in [0.15, 0.2) is 5.54 Å². The van der Waals surface area contributed by atoms with Crippen molar-refractivity contribution in [1.82, 2.24) is 25.5 Å². The molecule has 0 spiro atoms. The van der Waals surface area contributed by atoms with Crippen LogP contribution in [0.1, 0.15) is 30.0 Å². The third-order valence-corrected chi connectivity index (χ3v) is 4.53. The van der Waals surface area contributed by atoms with Gasteiger partial charge in [0.1, 0.15) is 11.6 Å². The lowest BCUT2D eigenvalue weighted by Gasteiger charge is -2.25. The van der Waals surface area contributed by atoms with Gasteiger partial charge in [-0.1, -0.05) is 11.6 Å². The number of benzene rings is 1. The van der Waals surface area contributed by atoms with E-state index in [4.69, 9.17) is 16.3 Å². The van der Waals surface area contributed by atoms with Gasteiger partial charge in [0, 0.05) is 19.4 Å². The van der Waals surface area contributed by atoms with Crippen LogP contribution in [0.5, 0.6) is 5.75 Å². The minimum absolute atomic E-state index is 0.0297. The van der Waals surface area contributed by atoms with E-state index in [0.29, 0.717) is 11.6 Å². The van der Waals surface area contributed by atoms with Gasteiger partial charge in [0.25, 0.3) is 11.8 Å². The highest BCUT2D eigenvalue weighted by molar-refractivity contribution is 6.34. The predicted octanol–water partition coefficient (Wildman–Crippen LogP) is 1.33. The Labute approximate surface area is 166 Å². The van der Waals surface area contributed by atoms with Crippen LogP contribution in [0.4, 0.5) is 4.79 Å². The van der Waals surface area contributed by atoms with Crippen LogP contribution in [-0.2, 0) is 17.4 Å². The average molecular weight is 406 g/mol. The number of halogens is 1. The van der Waals surface area contributed by atoms with Crippen LogP contribution in [0.15, 0.2) is 30.6 Å². The molecule has 2 heterocycles. The SMILES string of the molecule is CC(C)Oc1ccc(C(=O)NCC2(c3nccn3C)NC(=O)NC2=O)c(Cl)c1. The number of hydrogen-bond donors (Lipinski definition) is 3. The minimum Gasteiger partial charge on any atom is -0.491 e. The summed E-state index contributed by atoms with van der Waals surface area (Å²) in [5.41, 5.74) is -1.30. The van der Waals surface area contributed by atoms with Crippen molar-refractivity contribution in [3.8, 4) is 5.75 Å². The second-order valence-electron chi connectivity index (χ2n) is 6.67. The lowest BCUT2D eigenvalue weighted by Crippen LogP contribution is -2.54. The van der Waals surface area contributed by atoms with Crippen molar-refractivity contribution in [2.75, 3.05) is 6.54 Å². The first-order valence-electron chi connectivity index (χ1n) is 8.59. The van der Waals surface area contributed by atoms with Crippen molar-refractivity contribution < 1.29 is 19.1 Å². The first-order valence-corrected chi connectivity index (χ1v) is 8.96. The van der Waals surface area contributed by atoms with Crippen LogP contribution in [0.3, 0.4) is 0 Å². The van der Waals surface area contributed by atoms with E-state index in [1.165, 1.54) is 12.3 Å². The summed E-state index contributed by atoms with van der Waals surface area (Å²) in [4.78, 5) is 41.0. The number of carbonyl (C=O) groups excluding carboxylic acids is 3. The topological polar surface area (TPSA) is 114 Å². The van der Waals surface area contributed by atoms with Gasteiger partial charge in [-0.05, 0) is 32.0 Å². The van der Waals surface area contributed by atoms with E-state index in [1.807, 2.05) is 13.8 Å². The average Bonchev–Trinajstić information content (AvgIpc) is 3.15. The number of nitrogens with one attached hydrogen (secondary N) is 3. The van der Waals surface area contributed by atoms with Crippen molar-refractivity contribution in [2.45, 2.75) is 25.5 Å². The maximum absolute atomic E-state index is 12.6. The molecular weight excluding hydrogens is 386 g/mol. The number of amides is 4. The number of aromatic nitrogens is 2. The first-order chi connectivity index (χ1) is 13.2. The molecule has 0 bridgehead atoms. The number of rotatable bonds is 6. The van der Waals surface area contributed by atoms with E-state index < -0.39 is 23.4 Å². The number of nitrogens with zero attached hydrogens (tertiary/aromatic N) is 2. The highest BCUT2D eigenvalue weighted by Gasteiger charge is 2.50. The van der Waals surface area contributed by atoms with Crippen molar-refractivity contribution in [2.24, 2.45) is 7.05 Å². The van der Waals surface area contributed by atoms with Crippen LogP contribution in [0.25, 0.3) is 0 Å². The normalized spacial score (nSPS) is 18.8. The molecule has 1 aromatic heterocycles. The van der Waals surface area contributed by atoms with Gasteiger partial charge in [-0.25, -0.2) is 9.78 Å². The smallest absolute Gasteiger partial charge is 0.322 e. The van der Waals surface area contributed by atoms with Crippen molar-refractivity contribution >= 4 is 29.4 Å². The Bertz CT molecular complexity index is 942. The molecular formula is C18H20ClN5O4. The Morgan fingerprint density at radius 3 is 2.68 bits per heavy atom.